The molecule has 0 nitrogen and oxygen atoms in total. The van der Waals surface area contributed by atoms with Crippen molar-refractivity contribution in [3.63, 3.8) is 0 Å². The van der Waals surface area contributed by atoms with Crippen molar-refractivity contribution in [2.75, 3.05) is 0 Å². The van der Waals surface area contributed by atoms with Gasteiger partial charge in [-0.05, 0) is 42.1 Å². The normalized spacial score (nSPS) is 20.7. The Labute approximate surface area is 146 Å². The van der Waals surface area contributed by atoms with Crippen LogP contribution >= 0.6 is 0 Å². The van der Waals surface area contributed by atoms with Crippen LogP contribution in [0.15, 0.2) is 37.0 Å². The van der Waals surface area contributed by atoms with E-state index in [-0.39, 0.29) is 5.41 Å². The first kappa shape index (κ1) is 20.3. The Kier molecular flexibility index (Phi) is 9.60. The maximum Gasteiger partial charge on any atom is -0.00727 e. The molecule has 0 aliphatic heterocycles. The fraction of sp³-hybridized carbons (Fsp3) is 0.739. The maximum atomic E-state index is 4.10. The third-order valence-corrected chi connectivity index (χ3v) is 5.92. The molecule has 132 valence electrons. The lowest BCUT2D eigenvalue weighted by molar-refractivity contribution is 0.215. The van der Waals surface area contributed by atoms with Crippen molar-refractivity contribution in [1.29, 1.82) is 0 Å². The van der Waals surface area contributed by atoms with Crippen LogP contribution in [0.4, 0.5) is 0 Å². The minimum absolute atomic E-state index is 0.276. The molecule has 0 heterocycles. The monoisotopic (exact) mass is 316 g/mol. The van der Waals surface area contributed by atoms with E-state index in [1.54, 1.807) is 0 Å². The molecule has 0 N–H and O–H groups in total. The molecular weight excluding hydrogens is 276 g/mol. The number of rotatable bonds is 11. The molecule has 1 fully saturated rings. The smallest absolute Gasteiger partial charge is 0.00727 e. The fourth-order valence-corrected chi connectivity index (χ4v) is 4.30. The molecule has 0 spiro atoms. The Morgan fingerprint density at radius 2 is 1.87 bits per heavy atom. The van der Waals surface area contributed by atoms with Gasteiger partial charge in [0.25, 0.3) is 0 Å². The number of hydrogen-bond donors (Lipinski definition) is 0. The molecule has 0 aromatic carbocycles. The van der Waals surface area contributed by atoms with E-state index in [0.29, 0.717) is 0 Å². The third kappa shape index (κ3) is 7.10. The van der Waals surface area contributed by atoms with Crippen molar-refractivity contribution in [3.05, 3.63) is 37.0 Å². The van der Waals surface area contributed by atoms with E-state index in [0.717, 1.165) is 11.8 Å². The van der Waals surface area contributed by atoms with Gasteiger partial charge in [0.05, 0.1) is 0 Å². The van der Waals surface area contributed by atoms with Gasteiger partial charge in [-0.1, -0.05) is 104 Å². The largest absolute Gasteiger partial charge is 0.0991 e. The van der Waals surface area contributed by atoms with Gasteiger partial charge in [-0.2, -0.15) is 0 Å². The van der Waals surface area contributed by atoms with Crippen molar-refractivity contribution >= 4 is 0 Å². The average molecular weight is 317 g/mol. The van der Waals surface area contributed by atoms with Crippen LogP contribution < -0.4 is 0 Å². The van der Waals surface area contributed by atoms with Crippen molar-refractivity contribution in [1.82, 2.24) is 0 Å². The summed E-state index contributed by atoms with van der Waals surface area (Å²) in [6.45, 7) is 15.2. The van der Waals surface area contributed by atoms with Gasteiger partial charge in [-0.25, -0.2) is 0 Å². The Balaban J connectivity index is 2.75. The lowest BCUT2D eigenvalue weighted by Gasteiger charge is -2.37. The predicted molar refractivity (Wildman–Crippen MR) is 106 cm³/mol. The summed E-state index contributed by atoms with van der Waals surface area (Å²) in [5.41, 5.74) is 1.68. The van der Waals surface area contributed by atoms with Crippen LogP contribution in [0.2, 0.25) is 0 Å². The molecule has 1 aliphatic rings. The van der Waals surface area contributed by atoms with E-state index in [1.165, 1.54) is 76.2 Å². The van der Waals surface area contributed by atoms with Crippen LogP contribution in [0.5, 0.6) is 0 Å². The number of unbranched alkanes of at least 4 members (excludes halogenated alkanes) is 1. The van der Waals surface area contributed by atoms with Gasteiger partial charge in [0.2, 0.25) is 0 Å². The van der Waals surface area contributed by atoms with E-state index < -0.39 is 0 Å². The Bertz CT molecular complexity index is 369. The molecule has 0 aromatic heterocycles. The lowest BCUT2D eigenvalue weighted by atomic mass is 9.68. The highest BCUT2D eigenvalue weighted by molar-refractivity contribution is 5.28. The lowest BCUT2D eigenvalue weighted by Crippen LogP contribution is -2.25. The zero-order chi connectivity index (χ0) is 17.1. The predicted octanol–water partition coefficient (Wildman–Crippen LogP) is 7.87. The van der Waals surface area contributed by atoms with Gasteiger partial charge in [-0.15, -0.1) is 0 Å². The summed E-state index contributed by atoms with van der Waals surface area (Å²) < 4.78 is 0. The molecule has 2 unspecified atom stereocenters. The second-order valence-corrected chi connectivity index (χ2v) is 8.12. The molecule has 2 atom stereocenters. The van der Waals surface area contributed by atoms with Gasteiger partial charge in [0.15, 0.2) is 0 Å². The Hall–Kier alpha value is -0.780. The molecule has 23 heavy (non-hydrogen) atoms. The molecule has 1 saturated carbocycles. The molecule has 0 bridgehead atoms. The highest BCUT2D eigenvalue weighted by Gasteiger charge is 2.31. The van der Waals surface area contributed by atoms with Crippen LogP contribution in [-0.4, -0.2) is 0 Å². The minimum Gasteiger partial charge on any atom is -0.0991 e. The van der Waals surface area contributed by atoms with Gasteiger partial charge in [0.1, 0.15) is 0 Å². The van der Waals surface area contributed by atoms with Crippen molar-refractivity contribution in [2.24, 2.45) is 17.3 Å². The van der Waals surface area contributed by atoms with E-state index >= 15 is 0 Å². The van der Waals surface area contributed by atoms with E-state index in [1.807, 2.05) is 6.08 Å². The Morgan fingerprint density at radius 1 is 1.17 bits per heavy atom. The van der Waals surface area contributed by atoms with Gasteiger partial charge in [0, 0.05) is 0 Å². The van der Waals surface area contributed by atoms with Crippen molar-refractivity contribution < 1.29 is 0 Å². The zero-order valence-corrected chi connectivity index (χ0v) is 16.1. The Morgan fingerprint density at radius 3 is 2.43 bits per heavy atom. The molecule has 0 radical (unpaired) electrons. The summed E-state index contributed by atoms with van der Waals surface area (Å²) in [4.78, 5) is 0. The topological polar surface area (TPSA) is 0 Å². The summed E-state index contributed by atoms with van der Waals surface area (Å²) in [7, 11) is 0. The van der Waals surface area contributed by atoms with Crippen LogP contribution in [0.1, 0.15) is 91.4 Å². The van der Waals surface area contributed by atoms with Crippen LogP contribution in [-0.2, 0) is 0 Å². The van der Waals surface area contributed by atoms with Crippen molar-refractivity contribution in [2.45, 2.75) is 91.4 Å². The summed E-state index contributed by atoms with van der Waals surface area (Å²) in [6.07, 6.45) is 21.4. The van der Waals surface area contributed by atoms with Gasteiger partial charge >= 0.3 is 0 Å². The standard InChI is InChI=1S/C23H40/c1-6-9-14-20(4)17-18-23(5,22(8-3)13-7-2)19-21-15-11-10-12-16-21/h7-8,13,20-21H,2-3,6,9-12,14-19H2,1,4-5H3/b22-13+. The first-order valence-electron chi connectivity index (χ1n) is 10.0. The molecule has 0 aromatic rings. The van der Waals surface area contributed by atoms with Crippen LogP contribution in [0.3, 0.4) is 0 Å². The molecular formula is C23H40. The second-order valence-electron chi connectivity index (χ2n) is 8.12. The molecule has 0 saturated heterocycles. The third-order valence-electron chi connectivity index (χ3n) is 5.92. The summed E-state index contributed by atoms with van der Waals surface area (Å²) >= 11 is 0. The molecule has 1 aliphatic carbocycles. The fourth-order valence-electron chi connectivity index (χ4n) is 4.30. The molecule has 0 amide bonds. The first-order valence-corrected chi connectivity index (χ1v) is 10.0. The zero-order valence-electron chi connectivity index (χ0n) is 16.1. The maximum absolute atomic E-state index is 4.10. The van der Waals surface area contributed by atoms with E-state index in [2.05, 4.69) is 46.1 Å². The summed E-state index contributed by atoms with van der Waals surface area (Å²) in [5, 5.41) is 0. The summed E-state index contributed by atoms with van der Waals surface area (Å²) in [5.74, 6) is 1.75. The van der Waals surface area contributed by atoms with E-state index in [4.69, 9.17) is 0 Å². The number of hydrogen-bond acceptors (Lipinski definition) is 0. The second kappa shape index (κ2) is 10.9. The quantitative estimate of drug-likeness (QED) is 0.340. The van der Waals surface area contributed by atoms with Gasteiger partial charge < -0.3 is 0 Å². The molecule has 1 rings (SSSR count). The van der Waals surface area contributed by atoms with Crippen LogP contribution in [0.25, 0.3) is 0 Å². The minimum atomic E-state index is 0.276. The first-order chi connectivity index (χ1) is 11.1. The van der Waals surface area contributed by atoms with Crippen LogP contribution in [0, 0.1) is 17.3 Å². The number of allylic oxidation sites excluding steroid dienone is 4. The summed E-state index contributed by atoms with van der Waals surface area (Å²) in [6, 6.07) is 0. The average Bonchev–Trinajstić information content (AvgIpc) is 2.56. The highest BCUT2D eigenvalue weighted by atomic mass is 14.4. The SMILES string of the molecule is C=C/C=C(\C=C)C(C)(CCC(C)CCCC)CC1CCCCC1. The molecule has 0 heteroatoms. The highest BCUT2D eigenvalue weighted by Crippen LogP contribution is 2.44. The van der Waals surface area contributed by atoms with E-state index in [9.17, 15) is 0 Å². The van der Waals surface area contributed by atoms with Crippen molar-refractivity contribution in [3.8, 4) is 0 Å². The van der Waals surface area contributed by atoms with Gasteiger partial charge in [-0.3, -0.25) is 0 Å².